The fraction of sp³-hybridized carbons (Fsp3) is 0.533. The van der Waals surface area contributed by atoms with Crippen molar-refractivity contribution in [1.29, 1.82) is 0 Å². The Morgan fingerprint density at radius 1 is 1.39 bits per heavy atom. The molecule has 3 atom stereocenters. The summed E-state index contributed by atoms with van der Waals surface area (Å²) in [6.45, 7) is 9.25. The summed E-state index contributed by atoms with van der Waals surface area (Å²) in [7, 11) is 0. The fourth-order valence-corrected chi connectivity index (χ4v) is 3.24. The van der Waals surface area contributed by atoms with Crippen LogP contribution in [-0.2, 0) is 14.4 Å². The minimum Gasteiger partial charge on any atom is -0.295 e. The summed E-state index contributed by atoms with van der Waals surface area (Å²) < 4.78 is 0. The lowest BCUT2D eigenvalue weighted by Gasteiger charge is -2.39. The van der Waals surface area contributed by atoms with E-state index in [1.807, 2.05) is 13.8 Å². The Morgan fingerprint density at radius 3 is 2.56 bits per heavy atom. The van der Waals surface area contributed by atoms with Crippen molar-refractivity contribution in [3.8, 4) is 0 Å². The van der Waals surface area contributed by atoms with Crippen LogP contribution in [0.2, 0.25) is 0 Å². The molecular weight excluding hydrogens is 228 g/mol. The Kier molecular flexibility index (Phi) is 2.88. The minimum absolute atomic E-state index is 0.00764. The molecule has 2 aliphatic carbocycles. The molecular formula is C15H18O3. The van der Waals surface area contributed by atoms with E-state index in [9.17, 15) is 14.4 Å². The van der Waals surface area contributed by atoms with Gasteiger partial charge in [0.1, 0.15) is 0 Å². The molecule has 0 amide bonds. The van der Waals surface area contributed by atoms with Gasteiger partial charge in [0.2, 0.25) is 0 Å². The van der Waals surface area contributed by atoms with Gasteiger partial charge in [-0.05, 0) is 24.5 Å². The molecule has 0 radical (unpaired) electrons. The van der Waals surface area contributed by atoms with Crippen molar-refractivity contribution in [2.75, 3.05) is 0 Å². The smallest absolute Gasteiger partial charge is 0.162 e. The molecule has 0 N–H and O–H groups in total. The molecule has 96 valence electrons. The first-order valence-corrected chi connectivity index (χ1v) is 6.26. The number of ketones is 3. The highest BCUT2D eigenvalue weighted by molar-refractivity contribution is 6.12. The molecule has 0 spiro atoms. The van der Waals surface area contributed by atoms with Crippen molar-refractivity contribution in [3.05, 3.63) is 23.8 Å². The highest BCUT2D eigenvalue weighted by Gasteiger charge is 2.55. The summed E-state index contributed by atoms with van der Waals surface area (Å²) in [4.78, 5) is 35.8. The van der Waals surface area contributed by atoms with Gasteiger partial charge in [0.05, 0.1) is 0 Å². The lowest BCUT2D eigenvalue weighted by Crippen LogP contribution is -2.39. The molecule has 0 aliphatic heterocycles. The number of Topliss-reactive ketones (excluding diaryl/α,β-unsaturated/α-hetero) is 2. The van der Waals surface area contributed by atoms with E-state index in [0.717, 1.165) is 0 Å². The third-order valence-electron chi connectivity index (χ3n) is 4.57. The van der Waals surface area contributed by atoms with E-state index >= 15 is 0 Å². The first-order valence-electron chi connectivity index (χ1n) is 6.26. The van der Waals surface area contributed by atoms with E-state index < -0.39 is 5.41 Å². The van der Waals surface area contributed by atoms with E-state index in [-0.39, 0.29) is 35.6 Å². The maximum atomic E-state index is 12.2. The van der Waals surface area contributed by atoms with Crippen molar-refractivity contribution in [1.82, 2.24) is 0 Å². The zero-order valence-electron chi connectivity index (χ0n) is 11.1. The standard InChI is InChI=1S/C15H18O3/c1-8(2)14(18)12-7-13(17)11-6-10(16)5-9(3)15(11,12)4/h6,9,12H,1,5,7H2,2-4H3/t9-,12+,15+/m0/s1. The van der Waals surface area contributed by atoms with E-state index in [1.54, 1.807) is 6.92 Å². The number of carbonyl (C=O) groups excluding carboxylic acids is 3. The predicted octanol–water partition coefficient (Wildman–Crippen LogP) is 2.26. The molecule has 0 heterocycles. The third-order valence-corrected chi connectivity index (χ3v) is 4.57. The molecule has 2 aliphatic rings. The first-order chi connectivity index (χ1) is 8.28. The number of rotatable bonds is 2. The number of hydrogen-bond acceptors (Lipinski definition) is 3. The fourth-order valence-electron chi connectivity index (χ4n) is 3.24. The molecule has 0 saturated heterocycles. The maximum Gasteiger partial charge on any atom is 0.162 e. The van der Waals surface area contributed by atoms with Gasteiger partial charge in [-0.15, -0.1) is 0 Å². The largest absolute Gasteiger partial charge is 0.295 e. The Balaban J connectivity index is 2.52. The number of carbonyl (C=O) groups is 3. The molecule has 3 nitrogen and oxygen atoms in total. The van der Waals surface area contributed by atoms with Crippen LogP contribution in [0.4, 0.5) is 0 Å². The highest BCUT2D eigenvalue weighted by atomic mass is 16.1. The number of hydrogen-bond donors (Lipinski definition) is 0. The summed E-state index contributed by atoms with van der Waals surface area (Å²) in [5.74, 6) is -0.444. The zero-order valence-corrected chi connectivity index (χ0v) is 11.1. The van der Waals surface area contributed by atoms with Crippen LogP contribution in [0, 0.1) is 17.3 Å². The second kappa shape index (κ2) is 4.01. The molecule has 1 saturated carbocycles. The summed E-state index contributed by atoms with van der Waals surface area (Å²) >= 11 is 0. The lowest BCUT2D eigenvalue weighted by atomic mass is 9.62. The van der Waals surface area contributed by atoms with Crippen LogP contribution in [0.1, 0.15) is 33.6 Å². The monoisotopic (exact) mass is 246 g/mol. The topological polar surface area (TPSA) is 51.2 Å². The molecule has 18 heavy (non-hydrogen) atoms. The average molecular weight is 246 g/mol. The van der Waals surface area contributed by atoms with Gasteiger partial charge < -0.3 is 0 Å². The van der Waals surface area contributed by atoms with Crippen LogP contribution in [-0.4, -0.2) is 17.3 Å². The quantitative estimate of drug-likeness (QED) is 0.702. The Labute approximate surface area is 107 Å². The van der Waals surface area contributed by atoms with Crippen molar-refractivity contribution in [2.24, 2.45) is 17.3 Å². The molecule has 0 aromatic rings. The summed E-state index contributed by atoms with van der Waals surface area (Å²) in [6.07, 6.45) is 2.08. The van der Waals surface area contributed by atoms with Crippen LogP contribution in [0.5, 0.6) is 0 Å². The normalized spacial score (nSPS) is 35.2. The first kappa shape index (κ1) is 12.9. The second-order valence-corrected chi connectivity index (χ2v) is 5.74. The van der Waals surface area contributed by atoms with Crippen molar-refractivity contribution >= 4 is 17.3 Å². The molecule has 0 aromatic carbocycles. The second-order valence-electron chi connectivity index (χ2n) is 5.74. The lowest BCUT2D eigenvalue weighted by molar-refractivity contribution is -0.125. The van der Waals surface area contributed by atoms with Crippen LogP contribution in [0.25, 0.3) is 0 Å². The zero-order chi connectivity index (χ0) is 13.7. The van der Waals surface area contributed by atoms with Crippen molar-refractivity contribution < 1.29 is 14.4 Å². The van der Waals surface area contributed by atoms with E-state index in [2.05, 4.69) is 6.58 Å². The van der Waals surface area contributed by atoms with Gasteiger partial charge in [-0.3, -0.25) is 14.4 Å². The molecule has 2 rings (SSSR count). The van der Waals surface area contributed by atoms with E-state index in [4.69, 9.17) is 0 Å². The molecule has 0 bridgehead atoms. The number of fused-ring (bicyclic) bond motifs is 1. The van der Waals surface area contributed by atoms with Crippen molar-refractivity contribution in [2.45, 2.75) is 33.6 Å². The van der Waals surface area contributed by atoms with Crippen LogP contribution >= 0.6 is 0 Å². The van der Waals surface area contributed by atoms with Gasteiger partial charge in [0.15, 0.2) is 17.3 Å². The molecule has 3 heteroatoms. The van der Waals surface area contributed by atoms with Gasteiger partial charge in [-0.25, -0.2) is 0 Å². The van der Waals surface area contributed by atoms with Crippen LogP contribution in [0.15, 0.2) is 23.8 Å². The van der Waals surface area contributed by atoms with Gasteiger partial charge in [0.25, 0.3) is 0 Å². The third kappa shape index (κ3) is 1.61. The summed E-state index contributed by atoms with van der Waals surface area (Å²) in [6, 6.07) is 0. The Morgan fingerprint density at radius 2 is 2.00 bits per heavy atom. The van der Waals surface area contributed by atoms with Crippen molar-refractivity contribution in [3.63, 3.8) is 0 Å². The van der Waals surface area contributed by atoms with E-state index in [0.29, 0.717) is 17.6 Å². The molecule has 1 fully saturated rings. The maximum absolute atomic E-state index is 12.2. The summed E-state index contributed by atoms with van der Waals surface area (Å²) in [5.41, 5.74) is 0.534. The van der Waals surface area contributed by atoms with Gasteiger partial charge >= 0.3 is 0 Å². The van der Waals surface area contributed by atoms with E-state index in [1.165, 1.54) is 6.08 Å². The Hall–Kier alpha value is -1.51. The Bertz CT molecular complexity index is 498. The molecule has 0 unspecified atom stereocenters. The van der Waals surface area contributed by atoms with Crippen LogP contribution < -0.4 is 0 Å². The predicted molar refractivity (Wildman–Crippen MR) is 67.9 cm³/mol. The average Bonchev–Trinajstić information content (AvgIpc) is 2.53. The van der Waals surface area contributed by atoms with Gasteiger partial charge in [0, 0.05) is 29.7 Å². The van der Waals surface area contributed by atoms with Gasteiger partial charge in [-0.2, -0.15) is 0 Å². The minimum atomic E-state index is -0.499. The van der Waals surface area contributed by atoms with Gasteiger partial charge in [-0.1, -0.05) is 20.4 Å². The highest BCUT2D eigenvalue weighted by Crippen LogP contribution is 2.54. The van der Waals surface area contributed by atoms with Crippen LogP contribution in [0.3, 0.4) is 0 Å². The SMILES string of the molecule is C=C(C)C(=O)[C@H]1CC(=O)C2=CC(=O)C[C@H](C)[C@]21C. The number of allylic oxidation sites excluding steroid dienone is 3. The summed E-state index contributed by atoms with van der Waals surface area (Å²) in [5, 5.41) is 0. The molecule has 0 aromatic heterocycles.